The van der Waals surface area contributed by atoms with Gasteiger partial charge in [-0.15, -0.1) is 0 Å². The summed E-state index contributed by atoms with van der Waals surface area (Å²) in [5, 5.41) is 9.23. The van der Waals surface area contributed by atoms with Crippen LogP contribution in [-0.4, -0.2) is 63.2 Å². The highest BCUT2D eigenvalue weighted by molar-refractivity contribution is 6.74. The summed E-state index contributed by atoms with van der Waals surface area (Å²) < 4.78 is 6.68. The van der Waals surface area contributed by atoms with Crippen LogP contribution in [-0.2, 0) is 30.1 Å². The van der Waals surface area contributed by atoms with Crippen LogP contribution in [0.5, 0.6) is 0 Å². The van der Waals surface area contributed by atoms with Crippen LogP contribution < -0.4 is 20.9 Å². The van der Waals surface area contributed by atoms with Crippen LogP contribution in [0.15, 0.2) is 116 Å². The van der Waals surface area contributed by atoms with Crippen molar-refractivity contribution in [3.8, 4) is 0 Å². The Morgan fingerprint density at radius 3 is 1.60 bits per heavy atom. The van der Waals surface area contributed by atoms with Gasteiger partial charge in [-0.25, -0.2) is 0 Å². The highest BCUT2D eigenvalue weighted by Gasteiger charge is 2.37. The Morgan fingerprint density at radius 1 is 0.619 bits per heavy atom. The number of nitrogens with zero attached hydrogens (tertiary/aromatic N) is 2. The van der Waals surface area contributed by atoms with Gasteiger partial charge in [0.15, 0.2) is 8.32 Å². The maximum absolute atomic E-state index is 13.3. The summed E-state index contributed by atoms with van der Waals surface area (Å²) in [4.78, 5) is 57.2. The molecule has 340 valence electrons. The number of anilines is 1. The lowest BCUT2D eigenvalue weighted by Gasteiger charge is -2.37. The summed E-state index contributed by atoms with van der Waals surface area (Å²) in [5.41, 5.74) is 4.06. The molecule has 11 heteroatoms. The molecule has 4 aromatic rings. The van der Waals surface area contributed by atoms with Crippen molar-refractivity contribution in [2.24, 2.45) is 5.92 Å². The first-order valence-corrected chi connectivity index (χ1v) is 26.0. The normalized spacial score (nSPS) is 12.1. The Balaban J connectivity index is 1.11. The van der Waals surface area contributed by atoms with E-state index in [1.165, 1.54) is 0 Å². The van der Waals surface area contributed by atoms with Gasteiger partial charge in [0.2, 0.25) is 23.6 Å². The van der Waals surface area contributed by atoms with Crippen LogP contribution in [0.4, 0.5) is 5.69 Å². The molecule has 0 saturated heterocycles. The summed E-state index contributed by atoms with van der Waals surface area (Å²) >= 11 is 0. The highest BCUT2D eigenvalue weighted by Crippen LogP contribution is 2.37. The van der Waals surface area contributed by atoms with Crippen molar-refractivity contribution in [3.05, 3.63) is 132 Å². The van der Waals surface area contributed by atoms with Gasteiger partial charge in [-0.05, 0) is 90.7 Å². The van der Waals surface area contributed by atoms with E-state index in [0.29, 0.717) is 32.1 Å². The van der Waals surface area contributed by atoms with Crippen molar-refractivity contribution in [1.82, 2.24) is 20.9 Å². The number of hydrogen-bond donors (Lipinski definition) is 3. The van der Waals surface area contributed by atoms with Gasteiger partial charge < -0.3 is 25.3 Å². The maximum Gasteiger partial charge on any atom is 0.227 e. The second-order valence-corrected chi connectivity index (χ2v) is 23.0. The minimum Gasteiger partial charge on any atom is -0.417 e. The van der Waals surface area contributed by atoms with Gasteiger partial charge in [0.1, 0.15) is 0 Å². The van der Waals surface area contributed by atoms with Crippen LogP contribution in [0.1, 0.15) is 120 Å². The van der Waals surface area contributed by atoms with E-state index in [9.17, 15) is 19.2 Å². The first-order chi connectivity index (χ1) is 30.3. The molecule has 1 atom stereocenters. The second-order valence-electron chi connectivity index (χ2n) is 18.2. The molecule has 1 aromatic heterocycles. The van der Waals surface area contributed by atoms with Gasteiger partial charge in [-0.2, -0.15) is 0 Å². The zero-order valence-electron chi connectivity index (χ0n) is 38.6. The molecule has 3 aromatic carbocycles. The molecule has 1 heterocycles. The number of hydrogen-bond acceptors (Lipinski definition) is 6. The van der Waals surface area contributed by atoms with Crippen LogP contribution in [0.25, 0.3) is 0 Å². The molecule has 0 spiro atoms. The summed E-state index contributed by atoms with van der Waals surface area (Å²) in [7, 11) is -1.89. The number of carbonyl (C=O) groups is 4. The molecule has 0 fully saturated rings. The van der Waals surface area contributed by atoms with E-state index in [1.807, 2.05) is 78.9 Å². The number of nitrogens with one attached hydrogen (secondary N) is 3. The topological polar surface area (TPSA) is 130 Å². The predicted octanol–water partition coefficient (Wildman–Crippen LogP) is 10.1. The van der Waals surface area contributed by atoms with Gasteiger partial charge >= 0.3 is 0 Å². The Hall–Kier alpha value is -5.13. The van der Waals surface area contributed by atoms with E-state index in [1.54, 1.807) is 17.3 Å². The number of amides is 4. The molecule has 1 unspecified atom stereocenters. The van der Waals surface area contributed by atoms with Crippen LogP contribution in [0.3, 0.4) is 0 Å². The standard InChI is InChI=1S/C52H73N5O5Si/c1-52(2,3)63(4,5)62-41-43(22-12-10-20-36-55-49(59)31-32-51(61)57(46-27-17-8-18-28-46)40-42-33-37-53-38-34-42)21-11-9-19-35-54-48(58)29-30-50(60)56-39-47(44-23-13-6-14-24-44)45-25-15-7-16-26-45/h6-8,13-18,23-28,33-34,37-38,43,47H,9-12,19-22,29-32,35-36,39-41H2,1-5H3,(H,54,58)(H,55,59)(H,56,60). The summed E-state index contributed by atoms with van der Waals surface area (Å²) in [6.07, 6.45) is 12.1. The molecule has 4 rings (SSSR count). The minimum absolute atomic E-state index is 0.0427. The molecule has 3 N–H and O–H groups in total. The smallest absolute Gasteiger partial charge is 0.227 e. The Labute approximate surface area is 378 Å². The summed E-state index contributed by atoms with van der Waals surface area (Å²) in [6.45, 7) is 14.3. The van der Waals surface area contributed by atoms with Crippen molar-refractivity contribution >= 4 is 37.6 Å². The van der Waals surface area contributed by atoms with E-state index in [-0.39, 0.29) is 60.3 Å². The van der Waals surface area contributed by atoms with Crippen molar-refractivity contribution in [3.63, 3.8) is 0 Å². The molecule has 63 heavy (non-hydrogen) atoms. The lowest BCUT2D eigenvalue weighted by molar-refractivity contribution is -0.126. The molecule has 4 amide bonds. The number of unbranched alkanes of at least 4 members (excludes halogenated alkanes) is 4. The number of para-hydroxylation sites is 1. The molecule has 0 aliphatic carbocycles. The third kappa shape index (κ3) is 19.0. The average molecular weight is 876 g/mol. The zero-order valence-corrected chi connectivity index (χ0v) is 39.6. The van der Waals surface area contributed by atoms with Gasteiger partial charge in [0, 0.05) is 75.9 Å². The lowest BCUT2D eigenvalue weighted by Crippen LogP contribution is -2.42. The number of benzene rings is 3. The largest absolute Gasteiger partial charge is 0.417 e. The first-order valence-electron chi connectivity index (χ1n) is 23.1. The Bertz CT molecular complexity index is 1890. The van der Waals surface area contributed by atoms with Crippen LogP contribution >= 0.6 is 0 Å². The second kappa shape index (κ2) is 27.1. The third-order valence-electron chi connectivity index (χ3n) is 12.2. The Morgan fingerprint density at radius 2 is 1.10 bits per heavy atom. The quantitative estimate of drug-likeness (QED) is 0.0385. The molecule has 0 aliphatic rings. The van der Waals surface area contributed by atoms with Gasteiger partial charge in [0.25, 0.3) is 0 Å². The van der Waals surface area contributed by atoms with E-state index in [4.69, 9.17) is 4.43 Å². The van der Waals surface area contributed by atoms with Crippen molar-refractivity contribution in [1.29, 1.82) is 0 Å². The molecular weight excluding hydrogens is 803 g/mol. The van der Waals surface area contributed by atoms with Gasteiger partial charge in [-0.3, -0.25) is 24.2 Å². The minimum atomic E-state index is -1.89. The first kappa shape index (κ1) is 50.5. The number of carbonyl (C=O) groups excluding carboxylic acids is 4. The van der Waals surface area contributed by atoms with E-state index >= 15 is 0 Å². The van der Waals surface area contributed by atoms with E-state index in [2.05, 4.69) is 79.1 Å². The molecule has 0 radical (unpaired) electrons. The fraction of sp³-hybridized carbons (Fsp3) is 0.481. The SMILES string of the molecule is CC(C)(C)[Si](C)(C)OCC(CCCCCNC(=O)CCC(=O)NCC(c1ccccc1)c1ccccc1)CCCCCNC(=O)CCC(=O)N(Cc1ccncc1)c1ccccc1. The van der Waals surface area contributed by atoms with Crippen LogP contribution in [0.2, 0.25) is 18.1 Å². The van der Waals surface area contributed by atoms with Crippen molar-refractivity contribution in [2.45, 2.75) is 128 Å². The molecule has 0 aliphatic heterocycles. The fourth-order valence-electron chi connectivity index (χ4n) is 7.24. The van der Waals surface area contributed by atoms with E-state index < -0.39 is 8.32 Å². The maximum atomic E-state index is 13.3. The predicted molar refractivity (Wildman–Crippen MR) is 258 cm³/mol. The number of aromatic nitrogens is 1. The lowest BCUT2D eigenvalue weighted by atomic mass is 9.91. The number of pyridine rings is 1. The molecular formula is C52H73N5O5Si. The summed E-state index contributed by atoms with van der Waals surface area (Å²) in [6, 6.07) is 33.7. The van der Waals surface area contributed by atoms with Crippen molar-refractivity contribution in [2.75, 3.05) is 31.1 Å². The van der Waals surface area contributed by atoms with Gasteiger partial charge in [-0.1, -0.05) is 125 Å². The summed E-state index contributed by atoms with van der Waals surface area (Å²) in [5.74, 6) is 0.0928. The van der Waals surface area contributed by atoms with E-state index in [0.717, 1.165) is 80.4 Å². The highest BCUT2D eigenvalue weighted by atomic mass is 28.4. The van der Waals surface area contributed by atoms with Crippen LogP contribution in [0, 0.1) is 5.92 Å². The Kier molecular flexibility index (Phi) is 21.8. The number of rotatable bonds is 28. The average Bonchev–Trinajstić information content (AvgIpc) is 3.28. The monoisotopic (exact) mass is 876 g/mol. The van der Waals surface area contributed by atoms with Gasteiger partial charge in [0.05, 0.1) is 6.54 Å². The molecule has 0 saturated carbocycles. The fourth-order valence-corrected chi connectivity index (χ4v) is 8.33. The molecule has 10 nitrogen and oxygen atoms in total. The zero-order chi connectivity index (χ0) is 45.3. The van der Waals surface area contributed by atoms with Crippen molar-refractivity contribution < 1.29 is 23.6 Å². The molecule has 0 bridgehead atoms. The third-order valence-corrected chi connectivity index (χ3v) is 16.7.